The first kappa shape index (κ1) is 13.8. The van der Waals surface area contributed by atoms with E-state index in [2.05, 4.69) is 4.98 Å². The summed E-state index contributed by atoms with van der Waals surface area (Å²) in [6.07, 6.45) is 0.723. The standard InChI is InChI=1S/C14H21N3O2/c1-9-6-11(10(2)16-9)12(18)7-17-5-4-14(3,8-17)13(15)19/h6,16H,4-5,7-8H2,1-3H3,(H2,15,19). The summed E-state index contributed by atoms with van der Waals surface area (Å²) < 4.78 is 0. The van der Waals surface area contributed by atoms with Crippen LogP contribution >= 0.6 is 0 Å². The smallest absolute Gasteiger partial charge is 0.224 e. The van der Waals surface area contributed by atoms with E-state index in [-0.39, 0.29) is 11.7 Å². The highest BCUT2D eigenvalue weighted by Gasteiger charge is 2.39. The summed E-state index contributed by atoms with van der Waals surface area (Å²) in [5.41, 5.74) is 7.54. The van der Waals surface area contributed by atoms with Gasteiger partial charge in [0.1, 0.15) is 0 Å². The van der Waals surface area contributed by atoms with Crippen molar-refractivity contribution in [2.24, 2.45) is 11.1 Å². The maximum Gasteiger partial charge on any atom is 0.224 e. The lowest BCUT2D eigenvalue weighted by atomic mass is 9.89. The Kier molecular flexibility index (Phi) is 3.49. The van der Waals surface area contributed by atoms with Gasteiger partial charge in [0.15, 0.2) is 5.78 Å². The number of nitrogens with zero attached hydrogens (tertiary/aromatic N) is 1. The number of nitrogens with two attached hydrogens (primary N) is 1. The molecule has 1 aromatic rings. The molecule has 1 amide bonds. The molecule has 2 heterocycles. The first-order valence-electron chi connectivity index (χ1n) is 6.53. The zero-order chi connectivity index (χ0) is 14.2. The zero-order valence-electron chi connectivity index (χ0n) is 11.7. The molecular formula is C14H21N3O2. The molecular weight excluding hydrogens is 242 g/mol. The first-order chi connectivity index (χ1) is 8.82. The Labute approximate surface area is 113 Å². The molecule has 1 atom stereocenters. The van der Waals surface area contributed by atoms with Crippen molar-refractivity contribution < 1.29 is 9.59 Å². The number of carbonyl (C=O) groups is 2. The number of hydrogen-bond acceptors (Lipinski definition) is 3. The molecule has 1 saturated heterocycles. The third-order valence-corrected chi connectivity index (χ3v) is 3.96. The van der Waals surface area contributed by atoms with E-state index in [1.807, 2.05) is 31.7 Å². The Morgan fingerprint density at radius 1 is 1.47 bits per heavy atom. The number of aromatic amines is 1. The molecule has 0 spiro atoms. The number of aromatic nitrogens is 1. The molecule has 0 bridgehead atoms. The van der Waals surface area contributed by atoms with Crippen LogP contribution in [0.2, 0.25) is 0 Å². The third-order valence-electron chi connectivity index (χ3n) is 3.96. The Hall–Kier alpha value is -1.62. The lowest BCUT2D eigenvalue weighted by Crippen LogP contribution is -2.38. The van der Waals surface area contributed by atoms with Crippen LogP contribution < -0.4 is 5.73 Å². The van der Waals surface area contributed by atoms with Gasteiger partial charge >= 0.3 is 0 Å². The van der Waals surface area contributed by atoms with Crippen LogP contribution in [0.4, 0.5) is 0 Å². The van der Waals surface area contributed by atoms with Crippen LogP contribution in [0, 0.1) is 19.3 Å². The van der Waals surface area contributed by atoms with Gasteiger partial charge in [0.05, 0.1) is 12.0 Å². The molecule has 0 radical (unpaired) electrons. The minimum atomic E-state index is -0.497. The van der Waals surface area contributed by atoms with E-state index in [4.69, 9.17) is 5.73 Å². The maximum absolute atomic E-state index is 12.2. The van der Waals surface area contributed by atoms with Crippen molar-refractivity contribution in [3.63, 3.8) is 0 Å². The lowest BCUT2D eigenvalue weighted by molar-refractivity contribution is -0.126. The Bertz CT molecular complexity index is 521. The fourth-order valence-electron chi connectivity index (χ4n) is 2.69. The van der Waals surface area contributed by atoms with Crippen LogP contribution in [0.3, 0.4) is 0 Å². The Balaban J connectivity index is 2.02. The highest BCUT2D eigenvalue weighted by Crippen LogP contribution is 2.29. The summed E-state index contributed by atoms with van der Waals surface area (Å²) in [4.78, 5) is 28.8. The third kappa shape index (κ3) is 2.71. The van der Waals surface area contributed by atoms with Crippen molar-refractivity contribution in [3.05, 3.63) is 23.0 Å². The second-order valence-electron chi connectivity index (χ2n) is 5.80. The van der Waals surface area contributed by atoms with Gasteiger partial charge in [-0.25, -0.2) is 0 Å². The number of aryl methyl sites for hydroxylation is 2. The van der Waals surface area contributed by atoms with Crippen LogP contribution in [0.15, 0.2) is 6.07 Å². The molecule has 0 saturated carbocycles. The molecule has 0 aromatic carbocycles. The van der Waals surface area contributed by atoms with Crippen LogP contribution in [-0.4, -0.2) is 41.2 Å². The first-order valence-corrected chi connectivity index (χ1v) is 6.53. The minimum Gasteiger partial charge on any atom is -0.369 e. The van der Waals surface area contributed by atoms with E-state index in [9.17, 15) is 9.59 Å². The van der Waals surface area contributed by atoms with Gasteiger partial charge in [-0.2, -0.15) is 0 Å². The highest BCUT2D eigenvalue weighted by molar-refractivity contribution is 5.99. The SMILES string of the molecule is Cc1cc(C(=O)CN2CCC(C)(C(N)=O)C2)c(C)[nH]1. The predicted molar refractivity (Wildman–Crippen MR) is 73.0 cm³/mol. The van der Waals surface area contributed by atoms with Gasteiger partial charge in [-0.1, -0.05) is 0 Å². The molecule has 5 nitrogen and oxygen atoms in total. The van der Waals surface area contributed by atoms with Gasteiger partial charge in [0.25, 0.3) is 0 Å². The lowest BCUT2D eigenvalue weighted by Gasteiger charge is -2.20. The summed E-state index contributed by atoms with van der Waals surface area (Å²) in [6, 6.07) is 1.88. The number of H-pyrrole nitrogens is 1. The van der Waals surface area contributed by atoms with Crippen molar-refractivity contribution in [1.29, 1.82) is 0 Å². The van der Waals surface area contributed by atoms with Gasteiger partial charge in [0.2, 0.25) is 5.91 Å². The monoisotopic (exact) mass is 263 g/mol. The quantitative estimate of drug-likeness (QED) is 0.796. The molecule has 104 valence electrons. The predicted octanol–water partition coefficient (Wildman–Crippen LogP) is 1.01. The topological polar surface area (TPSA) is 79.2 Å². The molecule has 1 aliphatic heterocycles. The van der Waals surface area contributed by atoms with Crippen LogP contribution in [0.5, 0.6) is 0 Å². The van der Waals surface area contributed by atoms with Crippen molar-refractivity contribution in [2.75, 3.05) is 19.6 Å². The number of amides is 1. The van der Waals surface area contributed by atoms with Gasteiger partial charge in [-0.05, 0) is 39.8 Å². The number of primary amides is 1. The minimum absolute atomic E-state index is 0.0931. The van der Waals surface area contributed by atoms with Crippen molar-refractivity contribution in [3.8, 4) is 0 Å². The number of rotatable bonds is 4. The van der Waals surface area contributed by atoms with E-state index >= 15 is 0 Å². The normalized spacial score (nSPS) is 23.7. The largest absolute Gasteiger partial charge is 0.369 e. The average Bonchev–Trinajstić information content (AvgIpc) is 2.83. The summed E-state index contributed by atoms with van der Waals surface area (Å²) in [5, 5.41) is 0. The number of hydrogen-bond donors (Lipinski definition) is 2. The number of likely N-dealkylation sites (tertiary alicyclic amines) is 1. The average molecular weight is 263 g/mol. The number of nitrogens with one attached hydrogen (secondary N) is 1. The van der Waals surface area contributed by atoms with E-state index in [1.165, 1.54) is 0 Å². The molecule has 3 N–H and O–H groups in total. The number of ketones is 1. The molecule has 19 heavy (non-hydrogen) atoms. The van der Waals surface area contributed by atoms with Crippen molar-refractivity contribution in [1.82, 2.24) is 9.88 Å². The van der Waals surface area contributed by atoms with Gasteiger partial charge in [0, 0.05) is 23.5 Å². The van der Waals surface area contributed by atoms with E-state index < -0.39 is 5.41 Å². The van der Waals surface area contributed by atoms with Gasteiger partial charge < -0.3 is 10.7 Å². The summed E-state index contributed by atoms with van der Waals surface area (Å²) in [7, 11) is 0. The fourth-order valence-corrected chi connectivity index (χ4v) is 2.69. The second kappa shape index (κ2) is 4.81. The maximum atomic E-state index is 12.2. The zero-order valence-corrected chi connectivity index (χ0v) is 11.7. The summed E-state index contributed by atoms with van der Waals surface area (Å²) in [6.45, 7) is 7.36. The molecule has 5 heteroatoms. The number of carbonyl (C=O) groups excluding carboxylic acids is 2. The summed E-state index contributed by atoms with van der Waals surface area (Å²) in [5.74, 6) is -0.188. The van der Waals surface area contributed by atoms with E-state index in [0.717, 1.165) is 29.9 Å². The second-order valence-corrected chi connectivity index (χ2v) is 5.80. The van der Waals surface area contributed by atoms with Crippen molar-refractivity contribution in [2.45, 2.75) is 27.2 Å². The Morgan fingerprint density at radius 3 is 2.63 bits per heavy atom. The fraction of sp³-hybridized carbons (Fsp3) is 0.571. The Morgan fingerprint density at radius 2 is 2.16 bits per heavy atom. The van der Waals surface area contributed by atoms with Gasteiger partial charge in [-0.3, -0.25) is 14.5 Å². The molecule has 1 aliphatic rings. The van der Waals surface area contributed by atoms with Crippen LogP contribution in [-0.2, 0) is 4.79 Å². The summed E-state index contributed by atoms with van der Waals surface area (Å²) >= 11 is 0. The highest BCUT2D eigenvalue weighted by atomic mass is 16.1. The van der Waals surface area contributed by atoms with E-state index in [0.29, 0.717) is 13.1 Å². The molecule has 1 unspecified atom stereocenters. The van der Waals surface area contributed by atoms with Crippen molar-refractivity contribution >= 4 is 11.7 Å². The molecule has 2 rings (SSSR count). The molecule has 1 aromatic heterocycles. The van der Waals surface area contributed by atoms with Gasteiger partial charge in [-0.15, -0.1) is 0 Å². The number of Topliss-reactive ketones (excluding diaryl/α,β-unsaturated/α-hetero) is 1. The van der Waals surface area contributed by atoms with Crippen LogP contribution in [0.25, 0.3) is 0 Å². The molecule has 1 fully saturated rings. The molecule has 0 aliphatic carbocycles. The van der Waals surface area contributed by atoms with E-state index in [1.54, 1.807) is 0 Å². The van der Waals surface area contributed by atoms with Crippen LogP contribution in [0.1, 0.15) is 35.1 Å².